The van der Waals surface area contributed by atoms with Gasteiger partial charge in [-0.25, -0.2) is 9.13 Å². The average molecular weight is 858 g/mol. The summed E-state index contributed by atoms with van der Waals surface area (Å²) in [5.74, 6) is 2.13. The van der Waals surface area contributed by atoms with Crippen LogP contribution in [0.15, 0.2) is 97.6 Å². The SMILES string of the molecule is O=C(CCCSSCCNC(=O)CCC[n+]1ccc(/C=C/c2ccc(N(CCO)CCO)cc2)cc1)CCC[n+]1ccc(/C=C/c2ccc(N(CCO)CCO)cc2)cc1. The van der Waals surface area contributed by atoms with Crippen LogP contribution in [0.2, 0.25) is 0 Å². The van der Waals surface area contributed by atoms with E-state index in [2.05, 4.69) is 63.0 Å². The highest BCUT2D eigenvalue weighted by atomic mass is 33.1. The molecule has 11 nitrogen and oxygen atoms in total. The average Bonchev–Trinajstić information content (AvgIpc) is 3.27. The second-order valence-corrected chi connectivity index (χ2v) is 17.0. The highest BCUT2D eigenvalue weighted by Crippen LogP contribution is 2.22. The maximum absolute atomic E-state index is 12.4. The number of aryl methyl sites for hydroxylation is 2. The van der Waals surface area contributed by atoms with Gasteiger partial charge in [-0.1, -0.05) is 70.2 Å². The number of Topliss-reactive ketones (excluding diaryl/α,β-unsaturated/α-hetero) is 1. The number of ketones is 1. The maximum Gasteiger partial charge on any atom is 0.220 e. The molecule has 0 aliphatic rings. The van der Waals surface area contributed by atoms with Crippen molar-refractivity contribution in [2.75, 3.05) is 80.5 Å². The summed E-state index contributed by atoms with van der Waals surface area (Å²) in [6.07, 6.45) is 20.5. The van der Waals surface area contributed by atoms with Crippen LogP contribution >= 0.6 is 21.6 Å². The zero-order chi connectivity index (χ0) is 42.6. The Hall–Kier alpha value is -4.50. The van der Waals surface area contributed by atoms with Crippen molar-refractivity contribution in [2.24, 2.45) is 0 Å². The molecule has 0 radical (unpaired) electrons. The molecule has 13 heteroatoms. The Morgan fingerprint density at radius 2 is 0.900 bits per heavy atom. The summed E-state index contributed by atoms with van der Waals surface area (Å²) in [5, 5.41) is 40.1. The summed E-state index contributed by atoms with van der Waals surface area (Å²) in [7, 11) is 3.50. The predicted molar refractivity (Wildman–Crippen MR) is 247 cm³/mol. The van der Waals surface area contributed by atoms with Crippen LogP contribution in [0.25, 0.3) is 24.3 Å². The molecule has 4 rings (SSSR count). The number of pyridine rings is 2. The summed E-state index contributed by atoms with van der Waals surface area (Å²) in [6, 6.07) is 24.3. The molecular formula is C47H63N5O6S2+2. The molecule has 4 aromatic rings. The van der Waals surface area contributed by atoms with E-state index in [1.807, 2.05) is 83.1 Å². The summed E-state index contributed by atoms with van der Waals surface area (Å²) in [5.41, 5.74) is 6.25. The normalized spacial score (nSPS) is 11.4. The first-order valence-electron chi connectivity index (χ1n) is 20.9. The van der Waals surface area contributed by atoms with Gasteiger partial charge < -0.3 is 35.5 Å². The molecule has 0 spiro atoms. The minimum Gasteiger partial charge on any atom is -0.395 e. The second-order valence-electron chi connectivity index (χ2n) is 14.3. The Balaban J connectivity index is 0.983. The van der Waals surface area contributed by atoms with Gasteiger partial charge in [0, 0.05) is 112 Å². The molecule has 1 amide bonds. The van der Waals surface area contributed by atoms with Crippen LogP contribution in [-0.4, -0.2) is 103 Å². The van der Waals surface area contributed by atoms with Gasteiger partial charge >= 0.3 is 0 Å². The Morgan fingerprint density at radius 3 is 1.33 bits per heavy atom. The van der Waals surface area contributed by atoms with Gasteiger partial charge in [0.1, 0.15) is 18.9 Å². The first kappa shape index (κ1) is 48.2. The Labute approximate surface area is 363 Å². The number of hydrogen-bond acceptors (Lipinski definition) is 10. The number of aliphatic hydroxyl groups is 4. The minimum absolute atomic E-state index is 0.0387. The number of benzene rings is 2. The van der Waals surface area contributed by atoms with Crippen molar-refractivity contribution >= 4 is 69.0 Å². The molecule has 0 saturated carbocycles. The molecule has 0 aliphatic carbocycles. The molecule has 0 bridgehead atoms. The lowest BCUT2D eigenvalue weighted by atomic mass is 10.1. The first-order valence-corrected chi connectivity index (χ1v) is 23.4. The number of aromatic nitrogens is 2. The second kappa shape index (κ2) is 28.9. The Morgan fingerprint density at radius 1 is 0.517 bits per heavy atom. The van der Waals surface area contributed by atoms with Gasteiger partial charge in [0.25, 0.3) is 0 Å². The van der Waals surface area contributed by atoms with Crippen LogP contribution in [0.5, 0.6) is 0 Å². The number of amides is 1. The first-order chi connectivity index (χ1) is 29.4. The maximum atomic E-state index is 12.4. The zero-order valence-corrected chi connectivity index (χ0v) is 36.3. The summed E-state index contributed by atoms with van der Waals surface area (Å²) >= 11 is 0. The van der Waals surface area contributed by atoms with E-state index in [4.69, 9.17) is 0 Å². The smallest absolute Gasteiger partial charge is 0.220 e. The van der Waals surface area contributed by atoms with E-state index in [0.29, 0.717) is 57.8 Å². The Bertz CT molecular complexity index is 1710. The van der Waals surface area contributed by atoms with E-state index in [1.165, 1.54) is 0 Å². The van der Waals surface area contributed by atoms with Crippen LogP contribution in [0.4, 0.5) is 11.4 Å². The number of aliphatic hydroxyl groups excluding tert-OH is 4. The van der Waals surface area contributed by atoms with Crippen molar-refractivity contribution < 1.29 is 39.1 Å². The van der Waals surface area contributed by atoms with Crippen molar-refractivity contribution in [3.63, 3.8) is 0 Å². The quantitative estimate of drug-likeness (QED) is 0.0267. The van der Waals surface area contributed by atoms with Gasteiger partial charge in [-0.3, -0.25) is 9.59 Å². The lowest BCUT2D eigenvalue weighted by molar-refractivity contribution is -0.697. The number of carbonyl (C=O) groups is 2. The third-order valence-corrected chi connectivity index (χ3v) is 12.2. The monoisotopic (exact) mass is 857 g/mol. The van der Waals surface area contributed by atoms with Crippen molar-refractivity contribution in [2.45, 2.75) is 51.6 Å². The fourth-order valence-electron chi connectivity index (χ4n) is 6.43. The summed E-state index contributed by atoms with van der Waals surface area (Å²) < 4.78 is 4.20. The molecule has 0 saturated heterocycles. The standard InChI is InChI=1S/C47H62N5O6S2/c53-34-30-51(31-35-54)44-15-11-40(12-16-44)7-9-42-19-26-49(27-20-42)24-1-4-46(57)5-3-38-59-60-39-23-48-47(58)6-2-25-50-28-21-43(22-29-50)10-8-41-13-17-45(18-14-41)52(32-36-55)33-37-56/h7-22,26-29,53-56H,1-6,23-25,30-39H2/q+1/p+1. The highest BCUT2D eigenvalue weighted by molar-refractivity contribution is 8.76. The van der Waals surface area contributed by atoms with E-state index in [1.54, 1.807) is 21.6 Å². The van der Waals surface area contributed by atoms with Crippen molar-refractivity contribution in [1.29, 1.82) is 0 Å². The molecule has 322 valence electrons. The van der Waals surface area contributed by atoms with E-state index >= 15 is 0 Å². The largest absolute Gasteiger partial charge is 0.395 e. The molecule has 2 aromatic heterocycles. The van der Waals surface area contributed by atoms with Crippen LogP contribution in [0.3, 0.4) is 0 Å². The van der Waals surface area contributed by atoms with Gasteiger partial charge in [0.2, 0.25) is 5.91 Å². The topological polar surface area (TPSA) is 141 Å². The van der Waals surface area contributed by atoms with Gasteiger partial charge in [-0.2, -0.15) is 0 Å². The summed E-state index contributed by atoms with van der Waals surface area (Å²) in [4.78, 5) is 28.7. The third-order valence-electron chi connectivity index (χ3n) is 9.73. The molecule has 2 heterocycles. The predicted octanol–water partition coefficient (Wildman–Crippen LogP) is 5.29. The van der Waals surface area contributed by atoms with Crippen LogP contribution in [-0.2, 0) is 22.7 Å². The van der Waals surface area contributed by atoms with Gasteiger partial charge in [0.15, 0.2) is 24.8 Å². The zero-order valence-electron chi connectivity index (χ0n) is 34.7. The number of carbonyl (C=O) groups excluding carboxylic acids is 2. The fourth-order valence-corrected chi connectivity index (χ4v) is 8.42. The van der Waals surface area contributed by atoms with Crippen molar-refractivity contribution in [1.82, 2.24) is 5.32 Å². The summed E-state index contributed by atoms with van der Waals surface area (Å²) in [6.45, 7) is 4.30. The number of nitrogens with zero attached hydrogens (tertiary/aromatic N) is 4. The minimum atomic E-state index is 0.0387. The van der Waals surface area contributed by atoms with E-state index in [9.17, 15) is 30.0 Å². The van der Waals surface area contributed by atoms with E-state index in [0.717, 1.165) is 77.5 Å². The van der Waals surface area contributed by atoms with Crippen LogP contribution in [0, 0.1) is 0 Å². The fraction of sp³-hybridized carbons (Fsp3) is 0.404. The van der Waals surface area contributed by atoms with Gasteiger partial charge in [-0.15, -0.1) is 0 Å². The lowest BCUT2D eigenvalue weighted by Crippen LogP contribution is -2.34. The number of anilines is 2. The third kappa shape index (κ3) is 18.8. The molecule has 0 unspecified atom stereocenters. The van der Waals surface area contributed by atoms with Crippen LogP contribution in [0.1, 0.15) is 60.8 Å². The molecular weight excluding hydrogens is 795 g/mol. The molecule has 0 aliphatic heterocycles. The van der Waals surface area contributed by atoms with E-state index < -0.39 is 0 Å². The van der Waals surface area contributed by atoms with Gasteiger partial charge in [0.05, 0.1) is 26.4 Å². The number of nitrogens with one attached hydrogen (secondary N) is 1. The molecule has 2 aromatic carbocycles. The number of rotatable bonds is 30. The Kier molecular flexibility index (Phi) is 23.2. The molecule has 0 fully saturated rings. The van der Waals surface area contributed by atoms with Gasteiger partial charge in [-0.05, 0) is 52.9 Å². The van der Waals surface area contributed by atoms with Crippen LogP contribution < -0.4 is 24.3 Å². The molecule has 5 N–H and O–H groups in total. The highest BCUT2D eigenvalue weighted by Gasteiger charge is 2.09. The van der Waals surface area contributed by atoms with Crippen molar-refractivity contribution in [3.05, 3.63) is 120 Å². The van der Waals surface area contributed by atoms with Crippen molar-refractivity contribution in [3.8, 4) is 0 Å². The lowest BCUT2D eigenvalue weighted by Gasteiger charge is -2.22. The van der Waals surface area contributed by atoms with E-state index in [-0.39, 0.29) is 32.3 Å². The number of hydrogen-bond donors (Lipinski definition) is 5. The molecule has 0 atom stereocenters. The molecule has 60 heavy (non-hydrogen) atoms.